The number of nitrogens with one attached hydrogen (secondary N) is 1. The van der Waals surface area contributed by atoms with Crippen LogP contribution in [0.5, 0.6) is 5.75 Å². The molecule has 0 fully saturated rings. The average Bonchev–Trinajstić information content (AvgIpc) is 3.06. The Balaban J connectivity index is 1.59. The standard InChI is InChI=1S/C22H27N3O4/c1-3-24(4-2)15-16-28-19-11-7-5-9-17(19)23-21(26)13-14-25-18-10-6-8-12-20(18)29-22(25)27/h5-12H,3-4,13-16H2,1-2H3,(H,23,26). The summed E-state index contributed by atoms with van der Waals surface area (Å²) in [6.07, 6.45) is 0.150. The molecule has 0 unspecified atom stereocenters. The second-order valence-electron chi connectivity index (χ2n) is 6.66. The lowest BCUT2D eigenvalue weighted by atomic mass is 10.2. The van der Waals surface area contributed by atoms with Crippen LogP contribution in [0, 0.1) is 0 Å². The van der Waals surface area contributed by atoms with Gasteiger partial charge in [0.05, 0.1) is 11.2 Å². The van der Waals surface area contributed by atoms with E-state index in [1.54, 1.807) is 18.2 Å². The number of benzene rings is 2. The van der Waals surface area contributed by atoms with E-state index in [9.17, 15) is 9.59 Å². The number of carbonyl (C=O) groups is 1. The Morgan fingerprint density at radius 3 is 2.62 bits per heavy atom. The zero-order valence-corrected chi connectivity index (χ0v) is 16.9. The smallest absolute Gasteiger partial charge is 0.419 e. The van der Waals surface area contributed by atoms with Crippen LogP contribution in [0.4, 0.5) is 5.69 Å². The highest BCUT2D eigenvalue weighted by Crippen LogP contribution is 2.24. The van der Waals surface area contributed by atoms with Crippen molar-refractivity contribution in [3.05, 3.63) is 59.1 Å². The maximum Gasteiger partial charge on any atom is 0.419 e. The highest BCUT2D eigenvalue weighted by Gasteiger charge is 2.12. The summed E-state index contributed by atoms with van der Waals surface area (Å²) in [4.78, 5) is 26.8. The zero-order chi connectivity index (χ0) is 20.6. The Morgan fingerprint density at radius 2 is 1.83 bits per heavy atom. The van der Waals surface area contributed by atoms with Crippen molar-refractivity contribution in [2.45, 2.75) is 26.8 Å². The van der Waals surface area contributed by atoms with Crippen LogP contribution in [-0.4, -0.2) is 41.6 Å². The van der Waals surface area contributed by atoms with Crippen LogP contribution < -0.4 is 15.8 Å². The summed E-state index contributed by atoms with van der Waals surface area (Å²) in [6, 6.07) is 14.5. The fourth-order valence-electron chi connectivity index (χ4n) is 3.17. The Kier molecular flexibility index (Phi) is 7.08. The molecule has 0 aliphatic heterocycles. The number of anilines is 1. The molecule has 3 aromatic rings. The Labute approximate surface area is 169 Å². The van der Waals surface area contributed by atoms with E-state index in [2.05, 4.69) is 24.1 Å². The maximum atomic E-state index is 12.5. The molecule has 0 bridgehead atoms. The van der Waals surface area contributed by atoms with Crippen LogP contribution in [0.25, 0.3) is 11.1 Å². The van der Waals surface area contributed by atoms with Gasteiger partial charge in [0.1, 0.15) is 12.4 Å². The predicted octanol–water partition coefficient (Wildman–Crippen LogP) is 3.34. The summed E-state index contributed by atoms with van der Waals surface area (Å²) in [5, 5.41) is 2.88. The fraction of sp³-hybridized carbons (Fsp3) is 0.364. The molecule has 1 aromatic heterocycles. The van der Waals surface area contributed by atoms with Crippen molar-refractivity contribution >= 4 is 22.7 Å². The van der Waals surface area contributed by atoms with E-state index < -0.39 is 5.76 Å². The normalized spacial score (nSPS) is 11.1. The molecule has 29 heavy (non-hydrogen) atoms. The first kappa shape index (κ1) is 20.7. The molecule has 1 N–H and O–H groups in total. The molecule has 0 spiro atoms. The molecule has 0 aliphatic carbocycles. The lowest BCUT2D eigenvalue weighted by Crippen LogP contribution is -2.28. The number of likely N-dealkylation sites (N-methyl/N-ethyl adjacent to an activating group) is 1. The fourth-order valence-corrected chi connectivity index (χ4v) is 3.17. The molecule has 0 atom stereocenters. The molecule has 0 aliphatic rings. The molecule has 154 valence electrons. The minimum Gasteiger partial charge on any atom is -0.490 e. The summed E-state index contributed by atoms with van der Waals surface area (Å²) in [7, 11) is 0. The lowest BCUT2D eigenvalue weighted by Gasteiger charge is -2.19. The van der Waals surface area contributed by atoms with Gasteiger partial charge in [0, 0.05) is 19.5 Å². The number of aryl methyl sites for hydroxylation is 1. The minimum absolute atomic E-state index is 0.150. The molecule has 2 aromatic carbocycles. The highest BCUT2D eigenvalue weighted by molar-refractivity contribution is 5.92. The van der Waals surface area contributed by atoms with E-state index in [1.165, 1.54) is 4.57 Å². The third kappa shape index (κ3) is 5.26. The van der Waals surface area contributed by atoms with Crippen molar-refractivity contribution in [1.82, 2.24) is 9.47 Å². The molecule has 1 heterocycles. The van der Waals surface area contributed by atoms with Gasteiger partial charge in [-0.3, -0.25) is 9.36 Å². The number of aromatic nitrogens is 1. The van der Waals surface area contributed by atoms with Gasteiger partial charge in [-0.1, -0.05) is 38.1 Å². The van der Waals surface area contributed by atoms with Crippen molar-refractivity contribution in [3.63, 3.8) is 0 Å². The van der Waals surface area contributed by atoms with E-state index in [0.717, 1.165) is 19.6 Å². The van der Waals surface area contributed by atoms with Crippen LogP contribution in [0.3, 0.4) is 0 Å². The highest BCUT2D eigenvalue weighted by atomic mass is 16.5. The van der Waals surface area contributed by atoms with Gasteiger partial charge in [-0.05, 0) is 37.4 Å². The summed E-state index contributed by atoms with van der Waals surface area (Å²) < 4.78 is 12.5. The molecule has 0 saturated carbocycles. The number of nitrogens with zero attached hydrogens (tertiary/aromatic N) is 2. The second-order valence-corrected chi connectivity index (χ2v) is 6.66. The number of para-hydroxylation sites is 4. The van der Waals surface area contributed by atoms with E-state index in [-0.39, 0.29) is 18.9 Å². The van der Waals surface area contributed by atoms with Crippen molar-refractivity contribution in [3.8, 4) is 5.75 Å². The Bertz CT molecular complexity index is 1000. The third-order valence-corrected chi connectivity index (χ3v) is 4.86. The number of hydrogen-bond acceptors (Lipinski definition) is 5. The number of amides is 1. The number of carbonyl (C=O) groups excluding carboxylic acids is 1. The quantitative estimate of drug-likeness (QED) is 0.568. The maximum absolute atomic E-state index is 12.5. The van der Waals surface area contributed by atoms with E-state index in [0.29, 0.717) is 29.1 Å². The first-order valence-electron chi connectivity index (χ1n) is 9.94. The molecule has 7 heteroatoms. The van der Waals surface area contributed by atoms with Gasteiger partial charge >= 0.3 is 5.76 Å². The number of oxazole rings is 1. The summed E-state index contributed by atoms with van der Waals surface area (Å²) in [5.41, 5.74) is 1.83. The van der Waals surface area contributed by atoms with Gasteiger partial charge in [-0.2, -0.15) is 0 Å². The SMILES string of the molecule is CCN(CC)CCOc1ccccc1NC(=O)CCn1c(=O)oc2ccccc21. The molecule has 0 radical (unpaired) electrons. The second kappa shape index (κ2) is 9.93. The first-order chi connectivity index (χ1) is 14.1. The third-order valence-electron chi connectivity index (χ3n) is 4.86. The van der Waals surface area contributed by atoms with Gasteiger partial charge in [-0.15, -0.1) is 0 Å². The van der Waals surface area contributed by atoms with Gasteiger partial charge in [0.15, 0.2) is 5.58 Å². The molecular weight excluding hydrogens is 370 g/mol. The summed E-state index contributed by atoms with van der Waals surface area (Å²) in [6.45, 7) is 7.79. The molecule has 3 rings (SSSR count). The summed E-state index contributed by atoms with van der Waals surface area (Å²) >= 11 is 0. The minimum atomic E-state index is -0.459. The van der Waals surface area contributed by atoms with Crippen LogP contribution >= 0.6 is 0 Å². The monoisotopic (exact) mass is 397 g/mol. The van der Waals surface area contributed by atoms with E-state index in [1.807, 2.05) is 30.3 Å². The topological polar surface area (TPSA) is 76.7 Å². The lowest BCUT2D eigenvalue weighted by molar-refractivity contribution is -0.116. The molecule has 1 amide bonds. The molecule has 7 nitrogen and oxygen atoms in total. The van der Waals surface area contributed by atoms with E-state index >= 15 is 0 Å². The van der Waals surface area contributed by atoms with Crippen LogP contribution in [0.1, 0.15) is 20.3 Å². The van der Waals surface area contributed by atoms with Gasteiger partial charge in [-0.25, -0.2) is 4.79 Å². The number of rotatable bonds is 10. The number of fused-ring (bicyclic) bond motifs is 1. The van der Waals surface area contributed by atoms with Gasteiger partial charge < -0.3 is 19.4 Å². The van der Waals surface area contributed by atoms with E-state index in [4.69, 9.17) is 9.15 Å². The average molecular weight is 397 g/mol. The molecule has 0 saturated heterocycles. The van der Waals surface area contributed by atoms with Gasteiger partial charge in [0.2, 0.25) is 5.91 Å². The molecular formula is C22H27N3O4. The predicted molar refractivity (Wildman–Crippen MR) is 113 cm³/mol. The largest absolute Gasteiger partial charge is 0.490 e. The van der Waals surface area contributed by atoms with Crippen molar-refractivity contribution in [1.29, 1.82) is 0 Å². The van der Waals surface area contributed by atoms with Crippen molar-refractivity contribution in [2.75, 3.05) is 31.6 Å². The van der Waals surface area contributed by atoms with Crippen LogP contribution in [0.15, 0.2) is 57.7 Å². The van der Waals surface area contributed by atoms with Crippen LogP contribution in [-0.2, 0) is 11.3 Å². The van der Waals surface area contributed by atoms with Crippen LogP contribution in [0.2, 0.25) is 0 Å². The van der Waals surface area contributed by atoms with Gasteiger partial charge in [0.25, 0.3) is 0 Å². The first-order valence-corrected chi connectivity index (χ1v) is 9.94. The zero-order valence-electron chi connectivity index (χ0n) is 16.9. The summed E-state index contributed by atoms with van der Waals surface area (Å²) in [5.74, 6) is -0.0138. The van der Waals surface area contributed by atoms with Crippen molar-refractivity contribution in [2.24, 2.45) is 0 Å². The number of hydrogen-bond donors (Lipinski definition) is 1. The number of ether oxygens (including phenoxy) is 1. The Hall–Kier alpha value is -3.06. The van der Waals surface area contributed by atoms with Crippen molar-refractivity contribution < 1.29 is 13.9 Å². The Morgan fingerprint density at radius 1 is 1.10 bits per heavy atom.